The van der Waals surface area contributed by atoms with Crippen LogP contribution < -0.4 is 0 Å². The lowest BCUT2D eigenvalue weighted by Crippen LogP contribution is -2.39. The first kappa shape index (κ1) is 14.0. The molecule has 1 aliphatic heterocycles. The fraction of sp³-hybridized carbons (Fsp3) is 1.00. The van der Waals surface area contributed by atoms with Crippen LogP contribution in [0.2, 0.25) is 0 Å². The fourth-order valence-corrected chi connectivity index (χ4v) is 2.97. The van der Waals surface area contributed by atoms with Crippen LogP contribution in [0.1, 0.15) is 60.3 Å². The van der Waals surface area contributed by atoms with Crippen molar-refractivity contribution in [2.24, 2.45) is 17.3 Å². The van der Waals surface area contributed by atoms with Crippen LogP contribution in [-0.4, -0.2) is 24.5 Å². The third-order valence-electron chi connectivity index (χ3n) is 3.60. The Kier molecular flexibility index (Phi) is 5.30. The Bertz CT molecular complexity index is 182. The number of piperidine rings is 1. The van der Waals surface area contributed by atoms with E-state index in [-0.39, 0.29) is 0 Å². The van der Waals surface area contributed by atoms with E-state index in [2.05, 4.69) is 39.5 Å². The van der Waals surface area contributed by atoms with Gasteiger partial charge in [-0.1, -0.05) is 41.0 Å². The Labute approximate surface area is 103 Å². The molecule has 2 atom stereocenters. The molecular weight excluding hydrogens is 194 g/mol. The third kappa shape index (κ3) is 5.89. The molecule has 1 fully saturated rings. The summed E-state index contributed by atoms with van der Waals surface area (Å²) in [6.45, 7) is 15.8. The van der Waals surface area contributed by atoms with E-state index >= 15 is 0 Å². The SMILES string of the molecule is CC1CC(C)CN(CCCCC(C)(C)C)C1. The maximum atomic E-state index is 2.68. The van der Waals surface area contributed by atoms with Gasteiger partial charge in [0.05, 0.1) is 0 Å². The van der Waals surface area contributed by atoms with Crippen LogP contribution in [-0.2, 0) is 0 Å². The lowest BCUT2D eigenvalue weighted by molar-refractivity contribution is 0.137. The number of rotatable bonds is 4. The number of hydrogen-bond donors (Lipinski definition) is 0. The molecule has 0 aromatic carbocycles. The fourth-order valence-electron chi connectivity index (χ4n) is 2.97. The number of hydrogen-bond acceptors (Lipinski definition) is 1. The van der Waals surface area contributed by atoms with Crippen LogP contribution in [0.4, 0.5) is 0 Å². The Hall–Kier alpha value is -0.0400. The molecule has 96 valence electrons. The van der Waals surface area contributed by atoms with E-state index < -0.39 is 0 Å². The molecular formula is C15H31N. The molecule has 1 rings (SSSR count). The predicted octanol–water partition coefficient (Wildman–Crippen LogP) is 4.18. The molecule has 1 saturated heterocycles. The van der Waals surface area contributed by atoms with Gasteiger partial charge in [0.15, 0.2) is 0 Å². The monoisotopic (exact) mass is 225 g/mol. The smallest absolute Gasteiger partial charge is 0.000724 e. The first-order valence-corrected chi connectivity index (χ1v) is 7.09. The summed E-state index contributed by atoms with van der Waals surface area (Å²) in [4.78, 5) is 2.68. The minimum Gasteiger partial charge on any atom is -0.303 e. The highest BCUT2D eigenvalue weighted by Crippen LogP contribution is 2.23. The summed E-state index contributed by atoms with van der Waals surface area (Å²) in [5.74, 6) is 1.82. The van der Waals surface area contributed by atoms with Gasteiger partial charge in [-0.15, -0.1) is 0 Å². The molecule has 0 radical (unpaired) electrons. The largest absolute Gasteiger partial charge is 0.303 e. The van der Waals surface area contributed by atoms with Gasteiger partial charge in [0.2, 0.25) is 0 Å². The van der Waals surface area contributed by atoms with Crippen molar-refractivity contribution in [3.05, 3.63) is 0 Å². The maximum absolute atomic E-state index is 2.68. The standard InChI is InChI=1S/C15H31N/c1-13-10-14(2)12-16(11-13)9-7-6-8-15(3,4)5/h13-14H,6-12H2,1-5H3. The van der Waals surface area contributed by atoms with Crippen molar-refractivity contribution in [2.75, 3.05) is 19.6 Å². The highest BCUT2D eigenvalue weighted by Gasteiger charge is 2.21. The summed E-state index contributed by atoms with van der Waals surface area (Å²) < 4.78 is 0. The van der Waals surface area contributed by atoms with Gasteiger partial charge in [0.25, 0.3) is 0 Å². The Balaban J connectivity index is 2.13. The van der Waals surface area contributed by atoms with Crippen molar-refractivity contribution in [1.82, 2.24) is 4.90 Å². The second-order valence-corrected chi connectivity index (χ2v) is 7.22. The summed E-state index contributed by atoms with van der Waals surface area (Å²) in [5.41, 5.74) is 0.516. The molecule has 0 saturated carbocycles. The van der Waals surface area contributed by atoms with Crippen molar-refractivity contribution in [1.29, 1.82) is 0 Å². The molecule has 16 heavy (non-hydrogen) atoms. The van der Waals surface area contributed by atoms with Gasteiger partial charge in [-0.05, 0) is 43.1 Å². The quantitative estimate of drug-likeness (QED) is 0.649. The molecule has 0 aromatic rings. The lowest BCUT2D eigenvalue weighted by Gasteiger charge is -2.35. The Morgan fingerprint density at radius 1 is 1.00 bits per heavy atom. The van der Waals surface area contributed by atoms with E-state index in [4.69, 9.17) is 0 Å². The Morgan fingerprint density at radius 2 is 1.56 bits per heavy atom. The van der Waals surface area contributed by atoms with Crippen molar-refractivity contribution in [3.63, 3.8) is 0 Å². The van der Waals surface area contributed by atoms with Crippen LogP contribution in [0.5, 0.6) is 0 Å². The summed E-state index contributed by atoms with van der Waals surface area (Å²) in [6, 6.07) is 0. The number of unbranched alkanes of at least 4 members (excludes halogenated alkanes) is 1. The minimum atomic E-state index is 0.516. The maximum Gasteiger partial charge on any atom is 0.000724 e. The summed E-state index contributed by atoms with van der Waals surface area (Å²) in [6.07, 6.45) is 5.57. The van der Waals surface area contributed by atoms with Gasteiger partial charge in [-0.2, -0.15) is 0 Å². The van der Waals surface area contributed by atoms with E-state index in [9.17, 15) is 0 Å². The molecule has 1 aliphatic rings. The molecule has 1 heterocycles. The van der Waals surface area contributed by atoms with E-state index in [0.717, 1.165) is 11.8 Å². The molecule has 0 aliphatic carbocycles. The van der Waals surface area contributed by atoms with E-state index in [1.165, 1.54) is 45.3 Å². The summed E-state index contributed by atoms with van der Waals surface area (Å²) in [7, 11) is 0. The first-order chi connectivity index (χ1) is 7.37. The number of likely N-dealkylation sites (tertiary alicyclic amines) is 1. The minimum absolute atomic E-state index is 0.516. The Morgan fingerprint density at radius 3 is 2.06 bits per heavy atom. The van der Waals surface area contributed by atoms with E-state index in [1.807, 2.05) is 0 Å². The van der Waals surface area contributed by atoms with Crippen molar-refractivity contribution in [3.8, 4) is 0 Å². The summed E-state index contributed by atoms with van der Waals surface area (Å²) >= 11 is 0. The van der Waals surface area contributed by atoms with Crippen LogP contribution in [0.25, 0.3) is 0 Å². The normalized spacial score (nSPS) is 28.3. The van der Waals surface area contributed by atoms with E-state index in [1.54, 1.807) is 0 Å². The van der Waals surface area contributed by atoms with Crippen LogP contribution in [0, 0.1) is 17.3 Å². The van der Waals surface area contributed by atoms with Gasteiger partial charge in [-0.3, -0.25) is 0 Å². The zero-order chi connectivity index (χ0) is 12.2. The zero-order valence-corrected chi connectivity index (χ0v) is 12.1. The predicted molar refractivity (Wildman–Crippen MR) is 72.7 cm³/mol. The molecule has 2 unspecified atom stereocenters. The van der Waals surface area contributed by atoms with Crippen LogP contribution in [0.3, 0.4) is 0 Å². The van der Waals surface area contributed by atoms with Crippen molar-refractivity contribution < 1.29 is 0 Å². The first-order valence-electron chi connectivity index (χ1n) is 7.09. The highest BCUT2D eigenvalue weighted by molar-refractivity contribution is 4.74. The second-order valence-electron chi connectivity index (χ2n) is 7.22. The molecule has 0 N–H and O–H groups in total. The molecule has 0 amide bonds. The number of nitrogens with zero attached hydrogens (tertiary/aromatic N) is 1. The van der Waals surface area contributed by atoms with Crippen LogP contribution in [0.15, 0.2) is 0 Å². The van der Waals surface area contributed by atoms with Crippen molar-refractivity contribution >= 4 is 0 Å². The van der Waals surface area contributed by atoms with E-state index in [0.29, 0.717) is 5.41 Å². The zero-order valence-electron chi connectivity index (χ0n) is 12.1. The average Bonchev–Trinajstić information content (AvgIpc) is 2.09. The molecule has 1 heteroatoms. The molecule has 0 bridgehead atoms. The molecule has 0 aromatic heterocycles. The van der Waals surface area contributed by atoms with Gasteiger partial charge in [0, 0.05) is 13.1 Å². The summed E-state index contributed by atoms with van der Waals surface area (Å²) in [5, 5.41) is 0. The molecule has 0 spiro atoms. The van der Waals surface area contributed by atoms with Gasteiger partial charge < -0.3 is 4.90 Å². The lowest BCUT2D eigenvalue weighted by atomic mass is 9.89. The molecule has 1 nitrogen and oxygen atoms in total. The second kappa shape index (κ2) is 6.05. The highest BCUT2D eigenvalue weighted by atomic mass is 15.1. The van der Waals surface area contributed by atoms with Gasteiger partial charge in [0.1, 0.15) is 0 Å². The third-order valence-corrected chi connectivity index (χ3v) is 3.60. The topological polar surface area (TPSA) is 3.24 Å². The van der Waals surface area contributed by atoms with Crippen molar-refractivity contribution in [2.45, 2.75) is 60.3 Å². The van der Waals surface area contributed by atoms with Crippen LogP contribution >= 0.6 is 0 Å². The van der Waals surface area contributed by atoms with Gasteiger partial charge in [-0.25, -0.2) is 0 Å². The average molecular weight is 225 g/mol. The van der Waals surface area contributed by atoms with Gasteiger partial charge >= 0.3 is 0 Å².